The SMILES string of the molecule is O=C(CN1CCN(I)CC1)N1CCCC1. The first-order valence-corrected chi connectivity index (χ1v) is 6.63. The topological polar surface area (TPSA) is 26.8 Å². The molecule has 86 valence electrons. The quantitative estimate of drug-likeness (QED) is 0.549. The van der Waals surface area contributed by atoms with Gasteiger partial charge in [-0.1, -0.05) is 0 Å². The van der Waals surface area contributed by atoms with Crippen LogP contribution in [0.4, 0.5) is 0 Å². The van der Waals surface area contributed by atoms with Crippen LogP contribution in [0.25, 0.3) is 0 Å². The molecule has 0 aliphatic carbocycles. The highest BCUT2D eigenvalue weighted by Gasteiger charge is 2.22. The number of amides is 1. The van der Waals surface area contributed by atoms with Crippen molar-refractivity contribution in [3.8, 4) is 0 Å². The minimum absolute atomic E-state index is 0.328. The minimum atomic E-state index is 0.328. The second kappa shape index (κ2) is 5.45. The zero-order valence-electron chi connectivity index (χ0n) is 8.99. The number of carbonyl (C=O) groups excluding carboxylic acids is 1. The molecule has 0 aromatic rings. The summed E-state index contributed by atoms with van der Waals surface area (Å²) in [6.07, 6.45) is 2.38. The van der Waals surface area contributed by atoms with Crippen LogP contribution in [-0.2, 0) is 4.79 Å². The normalized spacial score (nSPS) is 24.7. The van der Waals surface area contributed by atoms with E-state index < -0.39 is 0 Å². The Labute approximate surface area is 105 Å². The van der Waals surface area contributed by atoms with Gasteiger partial charge in [-0.05, 0) is 12.8 Å². The summed E-state index contributed by atoms with van der Waals surface area (Å²) in [4.78, 5) is 16.1. The van der Waals surface area contributed by atoms with Crippen LogP contribution in [0.1, 0.15) is 12.8 Å². The van der Waals surface area contributed by atoms with Gasteiger partial charge in [0.1, 0.15) is 0 Å². The standard InChI is InChI=1S/C10H18IN3O/c11-14-7-5-12(6-8-14)9-10(15)13-3-1-2-4-13/h1-9H2. The van der Waals surface area contributed by atoms with E-state index in [9.17, 15) is 4.79 Å². The molecular formula is C10H18IN3O. The third-order valence-corrected chi connectivity index (χ3v) is 4.10. The number of hydrogen-bond acceptors (Lipinski definition) is 3. The van der Waals surface area contributed by atoms with Gasteiger partial charge in [0.25, 0.3) is 0 Å². The van der Waals surface area contributed by atoms with Crippen molar-refractivity contribution in [1.82, 2.24) is 12.9 Å². The van der Waals surface area contributed by atoms with Crippen LogP contribution in [0.2, 0.25) is 0 Å². The lowest BCUT2D eigenvalue weighted by molar-refractivity contribution is -0.131. The largest absolute Gasteiger partial charge is 0.342 e. The fourth-order valence-electron chi connectivity index (χ4n) is 2.14. The highest BCUT2D eigenvalue weighted by atomic mass is 127. The third-order valence-electron chi connectivity index (χ3n) is 3.14. The van der Waals surface area contributed by atoms with Gasteiger partial charge in [0, 0.05) is 62.1 Å². The van der Waals surface area contributed by atoms with Crippen molar-refractivity contribution < 1.29 is 4.79 Å². The van der Waals surface area contributed by atoms with Crippen molar-refractivity contribution in [2.75, 3.05) is 45.8 Å². The Morgan fingerprint density at radius 2 is 1.60 bits per heavy atom. The number of carbonyl (C=O) groups is 1. The maximum atomic E-state index is 11.9. The predicted octanol–water partition coefficient (Wildman–Crippen LogP) is 0.576. The number of hydrogen-bond donors (Lipinski definition) is 0. The van der Waals surface area contributed by atoms with Crippen LogP contribution in [0, 0.1) is 0 Å². The van der Waals surface area contributed by atoms with Crippen molar-refractivity contribution in [3.05, 3.63) is 0 Å². The molecule has 0 saturated carbocycles. The summed E-state index contributed by atoms with van der Waals surface area (Å²) in [6.45, 7) is 6.80. The van der Waals surface area contributed by atoms with Crippen LogP contribution >= 0.6 is 22.9 Å². The van der Waals surface area contributed by atoms with Gasteiger partial charge >= 0.3 is 0 Å². The van der Waals surface area contributed by atoms with Crippen molar-refractivity contribution in [1.29, 1.82) is 0 Å². The molecule has 2 saturated heterocycles. The van der Waals surface area contributed by atoms with Crippen LogP contribution in [0.3, 0.4) is 0 Å². The fraction of sp³-hybridized carbons (Fsp3) is 0.900. The molecule has 0 unspecified atom stereocenters. The van der Waals surface area contributed by atoms with Crippen LogP contribution < -0.4 is 0 Å². The van der Waals surface area contributed by atoms with E-state index in [4.69, 9.17) is 0 Å². The Bertz CT molecular complexity index is 223. The van der Waals surface area contributed by atoms with E-state index in [0.717, 1.165) is 39.3 Å². The lowest BCUT2D eigenvalue weighted by Gasteiger charge is -2.31. The lowest BCUT2D eigenvalue weighted by atomic mass is 10.3. The van der Waals surface area contributed by atoms with E-state index in [1.165, 1.54) is 12.8 Å². The summed E-state index contributed by atoms with van der Waals surface area (Å²) >= 11 is 2.35. The van der Waals surface area contributed by atoms with Gasteiger partial charge in [-0.15, -0.1) is 0 Å². The molecule has 0 spiro atoms. The maximum Gasteiger partial charge on any atom is 0.236 e. The van der Waals surface area contributed by atoms with Gasteiger partial charge in [-0.2, -0.15) is 0 Å². The van der Waals surface area contributed by atoms with Crippen LogP contribution in [-0.4, -0.2) is 64.6 Å². The first-order valence-electron chi connectivity index (χ1n) is 5.66. The monoisotopic (exact) mass is 323 g/mol. The molecule has 0 N–H and O–H groups in total. The summed E-state index contributed by atoms with van der Waals surface area (Å²) in [5.41, 5.74) is 0. The van der Waals surface area contributed by atoms with Crippen molar-refractivity contribution in [3.63, 3.8) is 0 Å². The molecular weight excluding hydrogens is 305 g/mol. The lowest BCUT2D eigenvalue weighted by Crippen LogP contribution is -2.47. The van der Waals surface area contributed by atoms with Crippen LogP contribution in [0.5, 0.6) is 0 Å². The average molecular weight is 323 g/mol. The average Bonchev–Trinajstić information content (AvgIpc) is 2.74. The first-order chi connectivity index (χ1) is 7.25. The van der Waals surface area contributed by atoms with Gasteiger partial charge in [-0.25, -0.2) is 3.11 Å². The van der Waals surface area contributed by atoms with Crippen LogP contribution in [0.15, 0.2) is 0 Å². The molecule has 2 fully saturated rings. The molecule has 1 amide bonds. The summed E-state index contributed by atoms with van der Waals surface area (Å²) in [6, 6.07) is 0. The van der Waals surface area contributed by atoms with Crippen molar-refractivity contribution >= 4 is 28.8 Å². The molecule has 2 aliphatic heterocycles. The van der Waals surface area contributed by atoms with Crippen molar-refractivity contribution in [2.45, 2.75) is 12.8 Å². The van der Waals surface area contributed by atoms with E-state index in [1.54, 1.807) is 0 Å². The molecule has 0 aromatic heterocycles. The summed E-state index contributed by atoms with van der Waals surface area (Å²) < 4.78 is 2.29. The molecule has 2 aliphatic rings. The van der Waals surface area contributed by atoms with Gasteiger partial charge in [-0.3, -0.25) is 9.69 Å². The molecule has 5 heteroatoms. The molecule has 15 heavy (non-hydrogen) atoms. The second-order valence-corrected chi connectivity index (χ2v) is 5.64. The van der Waals surface area contributed by atoms with E-state index in [-0.39, 0.29) is 0 Å². The van der Waals surface area contributed by atoms with Crippen molar-refractivity contribution in [2.24, 2.45) is 0 Å². The number of piperazine rings is 1. The van der Waals surface area contributed by atoms with E-state index >= 15 is 0 Å². The molecule has 2 heterocycles. The number of rotatable bonds is 2. The maximum absolute atomic E-state index is 11.9. The molecule has 0 aromatic carbocycles. The van der Waals surface area contributed by atoms with Gasteiger partial charge in [0.15, 0.2) is 0 Å². The molecule has 2 rings (SSSR count). The Morgan fingerprint density at radius 3 is 2.20 bits per heavy atom. The smallest absolute Gasteiger partial charge is 0.236 e. The zero-order chi connectivity index (χ0) is 10.7. The molecule has 0 atom stereocenters. The van der Waals surface area contributed by atoms with Gasteiger partial charge in [0.2, 0.25) is 5.91 Å². The number of likely N-dealkylation sites (tertiary alicyclic amines) is 1. The fourth-order valence-corrected chi connectivity index (χ4v) is 2.57. The third kappa shape index (κ3) is 3.29. The number of nitrogens with zero attached hydrogens (tertiary/aromatic N) is 3. The van der Waals surface area contributed by atoms with E-state index in [0.29, 0.717) is 12.5 Å². The summed E-state index contributed by atoms with van der Waals surface area (Å²) in [7, 11) is 0. The summed E-state index contributed by atoms with van der Waals surface area (Å²) in [5, 5.41) is 0. The van der Waals surface area contributed by atoms with Gasteiger partial charge in [0.05, 0.1) is 6.54 Å². The predicted molar refractivity (Wildman–Crippen MR) is 67.8 cm³/mol. The minimum Gasteiger partial charge on any atom is -0.342 e. The molecule has 0 bridgehead atoms. The van der Waals surface area contributed by atoms with E-state index in [2.05, 4.69) is 30.9 Å². The Hall–Kier alpha value is 0.120. The highest BCUT2D eigenvalue weighted by molar-refractivity contribution is 14.1. The Morgan fingerprint density at radius 1 is 1.00 bits per heavy atom. The first kappa shape index (κ1) is 11.6. The molecule has 0 radical (unpaired) electrons. The second-order valence-electron chi connectivity index (χ2n) is 4.27. The Kier molecular flexibility index (Phi) is 4.21. The van der Waals surface area contributed by atoms with Gasteiger partial charge < -0.3 is 4.90 Å². The summed E-state index contributed by atoms with van der Waals surface area (Å²) in [5.74, 6) is 0.328. The zero-order valence-corrected chi connectivity index (χ0v) is 11.1. The number of halogens is 1. The van der Waals surface area contributed by atoms with E-state index in [1.807, 2.05) is 4.90 Å². The highest BCUT2D eigenvalue weighted by Crippen LogP contribution is 2.10. The Balaban J connectivity index is 1.74. The molecule has 4 nitrogen and oxygen atoms in total.